The lowest BCUT2D eigenvalue weighted by Crippen LogP contribution is -2.41. The predicted octanol–water partition coefficient (Wildman–Crippen LogP) is 2.47. The highest BCUT2D eigenvalue weighted by Crippen LogP contribution is 2.24. The summed E-state index contributed by atoms with van der Waals surface area (Å²) in [5, 5.41) is 15.4. The molecule has 0 bridgehead atoms. The molecule has 3 heterocycles. The first kappa shape index (κ1) is 18.1. The van der Waals surface area contributed by atoms with Crippen molar-refractivity contribution in [3.05, 3.63) is 39.4 Å². The van der Waals surface area contributed by atoms with Crippen LogP contribution in [0.1, 0.15) is 28.1 Å². The fourth-order valence-corrected chi connectivity index (χ4v) is 4.12. The van der Waals surface area contributed by atoms with Gasteiger partial charge in [-0.25, -0.2) is 4.79 Å². The minimum absolute atomic E-state index is 0.193. The predicted molar refractivity (Wildman–Crippen MR) is 97.0 cm³/mol. The van der Waals surface area contributed by atoms with Crippen LogP contribution in [0.15, 0.2) is 29.0 Å². The summed E-state index contributed by atoms with van der Waals surface area (Å²) in [5.74, 6) is -1.30. The Kier molecular flexibility index (Phi) is 5.65. The molecule has 2 aromatic heterocycles. The van der Waals surface area contributed by atoms with Crippen LogP contribution in [-0.4, -0.2) is 41.9 Å². The van der Waals surface area contributed by atoms with Crippen LogP contribution >= 0.6 is 22.7 Å². The highest BCUT2D eigenvalue weighted by Gasteiger charge is 2.36. The number of amides is 2. The van der Waals surface area contributed by atoms with Crippen LogP contribution in [-0.2, 0) is 14.3 Å². The minimum atomic E-state index is -0.672. The molecule has 1 saturated heterocycles. The number of nitriles is 1. The number of hydrogen-bond acceptors (Lipinski definition) is 7. The van der Waals surface area contributed by atoms with E-state index in [2.05, 4.69) is 5.32 Å². The molecular weight excluding hydrogens is 374 g/mol. The molecule has 1 N–H and O–H groups in total. The zero-order chi connectivity index (χ0) is 18.5. The molecule has 0 radical (unpaired) electrons. The molecule has 134 valence electrons. The summed E-state index contributed by atoms with van der Waals surface area (Å²) in [5.41, 5.74) is 0.359. The Bertz CT molecular complexity index is 854. The van der Waals surface area contributed by atoms with Crippen molar-refractivity contribution in [2.45, 2.75) is 18.9 Å². The summed E-state index contributed by atoms with van der Waals surface area (Å²) < 4.78 is 5.09. The van der Waals surface area contributed by atoms with Crippen molar-refractivity contribution in [2.24, 2.45) is 0 Å². The van der Waals surface area contributed by atoms with E-state index < -0.39 is 24.5 Å². The van der Waals surface area contributed by atoms with Gasteiger partial charge < -0.3 is 15.0 Å². The van der Waals surface area contributed by atoms with Crippen LogP contribution in [0.3, 0.4) is 0 Å². The van der Waals surface area contributed by atoms with Crippen LogP contribution in [0.2, 0.25) is 0 Å². The van der Waals surface area contributed by atoms with Crippen LogP contribution in [0.25, 0.3) is 0 Å². The lowest BCUT2D eigenvalue weighted by molar-refractivity contribution is -0.151. The molecule has 3 rings (SSSR count). The van der Waals surface area contributed by atoms with E-state index in [-0.39, 0.29) is 5.91 Å². The van der Waals surface area contributed by atoms with Crippen molar-refractivity contribution in [2.75, 3.05) is 18.5 Å². The first-order valence-electron chi connectivity index (χ1n) is 7.88. The number of ether oxygens (including phenoxy) is 1. The molecule has 0 aliphatic carbocycles. The Labute approximate surface area is 157 Å². The van der Waals surface area contributed by atoms with Crippen LogP contribution in [0.4, 0.5) is 5.00 Å². The van der Waals surface area contributed by atoms with E-state index >= 15 is 0 Å². The SMILES string of the molecule is N#Cc1ccsc1NC(=O)COC(=O)C1CCCN1C(=O)c1cccs1. The highest BCUT2D eigenvalue weighted by molar-refractivity contribution is 7.14. The van der Waals surface area contributed by atoms with E-state index in [0.717, 1.165) is 0 Å². The number of likely N-dealkylation sites (tertiary alicyclic amines) is 1. The van der Waals surface area contributed by atoms with Crippen molar-refractivity contribution in [1.29, 1.82) is 5.26 Å². The monoisotopic (exact) mass is 389 g/mol. The lowest BCUT2D eigenvalue weighted by atomic mass is 10.2. The molecule has 1 fully saturated rings. The summed E-state index contributed by atoms with van der Waals surface area (Å²) in [6, 6.07) is 6.39. The number of carbonyl (C=O) groups is 3. The fraction of sp³-hybridized carbons (Fsp3) is 0.294. The average Bonchev–Trinajstić information content (AvgIpc) is 3.39. The van der Waals surface area contributed by atoms with Crippen molar-refractivity contribution in [3.8, 4) is 6.07 Å². The second kappa shape index (κ2) is 8.12. The first-order chi connectivity index (χ1) is 12.6. The molecule has 0 aromatic carbocycles. The molecule has 7 nitrogen and oxygen atoms in total. The number of carbonyl (C=O) groups excluding carboxylic acids is 3. The number of anilines is 1. The van der Waals surface area contributed by atoms with Gasteiger partial charge in [0.2, 0.25) is 0 Å². The van der Waals surface area contributed by atoms with Crippen molar-refractivity contribution in [3.63, 3.8) is 0 Å². The molecule has 26 heavy (non-hydrogen) atoms. The van der Waals surface area contributed by atoms with E-state index in [4.69, 9.17) is 10.00 Å². The maximum Gasteiger partial charge on any atom is 0.329 e. The molecule has 0 spiro atoms. The Morgan fingerprint density at radius 1 is 1.31 bits per heavy atom. The Morgan fingerprint density at radius 2 is 2.15 bits per heavy atom. The summed E-state index contributed by atoms with van der Waals surface area (Å²) in [7, 11) is 0. The van der Waals surface area contributed by atoms with E-state index in [1.165, 1.54) is 27.6 Å². The van der Waals surface area contributed by atoms with E-state index in [1.54, 1.807) is 29.0 Å². The van der Waals surface area contributed by atoms with E-state index in [1.807, 2.05) is 6.07 Å². The van der Waals surface area contributed by atoms with Gasteiger partial charge in [-0.15, -0.1) is 22.7 Å². The fourth-order valence-electron chi connectivity index (χ4n) is 2.69. The van der Waals surface area contributed by atoms with Gasteiger partial charge in [0.1, 0.15) is 17.1 Å². The van der Waals surface area contributed by atoms with Crippen LogP contribution < -0.4 is 5.32 Å². The molecule has 0 saturated carbocycles. The van der Waals surface area contributed by atoms with Gasteiger partial charge in [0.05, 0.1) is 10.4 Å². The van der Waals surface area contributed by atoms with Crippen LogP contribution in [0.5, 0.6) is 0 Å². The van der Waals surface area contributed by atoms with E-state index in [9.17, 15) is 14.4 Å². The van der Waals surface area contributed by atoms with Crippen molar-refractivity contribution < 1.29 is 19.1 Å². The summed E-state index contributed by atoms with van der Waals surface area (Å²) in [6.45, 7) is 0.0303. The second-order valence-electron chi connectivity index (χ2n) is 5.56. The standard InChI is InChI=1S/C17H15N3O4S2/c18-9-11-5-8-26-15(11)19-14(21)10-24-17(23)12-3-1-6-20(12)16(22)13-4-2-7-25-13/h2,4-5,7-8,12H,1,3,6,10H2,(H,19,21). The Morgan fingerprint density at radius 3 is 2.88 bits per heavy atom. The molecule has 1 aliphatic rings. The average molecular weight is 389 g/mol. The number of thiophene rings is 2. The van der Waals surface area contributed by atoms with Crippen LogP contribution in [0, 0.1) is 11.3 Å². The van der Waals surface area contributed by atoms with Crippen molar-refractivity contribution in [1.82, 2.24) is 4.90 Å². The highest BCUT2D eigenvalue weighted by atomic mass is 32.1. The Hall–Kier alpha value is -2.70. The normalized spacial score (nSPS) is 16.1. The topological polar surface area (TPSA) is 99.5 Å². The summed E-state index contributed by atoms with van der Waals surface area (Å²) >= 11 is 2.54. The zero-order valence-corrected chi connectivity index (χ0v) is 15.3. The minimum Gasteiger partial charge on any atom is -0.454 e. The molecule has 2 aromatic rings. The number of esters is 1. The zero-order valence-electron chi connectivity index (χ0n) is 13.6. The van der Waals surface area contributed by atoms with Gasteiger partial charge in [-0.3, -0.25) is 9.59 Å². The number of rotatable bonds is 5. The molecule has 1 unspecified atom stereocenters. The summed E-state index contributed by atoms with van der Waals surface area (Å²) in [6.07, 6.45) is 1.23. The lowest BCUT2D eigenvalue weighted by Gasteiger charge is -2.22. The Balaban J connectivity index is 1.55. The maximum absolute atomic E-state index is 12.5. The molecule has 1 atom stereocenters. The van der Waals surface area contributed by atoms with Gasteiger partial charge in [-0.1, -0.05) is 6.07 Å². The molecule has 2 amide bonds. The third kappa shape index (κ3) is 3.92. The first-order valence-corrected chi connectivity index (χ1v) is 9.64. The van der Waals surface area contributed by atoms with Crippen molar-refractivity contribution >= 4 is 45.5 Å². The van der Waals surface area contributed by atoms with Gasteiger partial charge in [0, 0.05) is 6.54 Å². The number of hydrogen-bond donors (Lipinski definition) is 1. The van der Waals surface area contributed by atoms with E-state index in [0.29, 0.717) is 34.8 Å². The smallest absolute Gasteiger partial charge is 0.329 e. The molecule has 9 heteroatoms. The molecule has 1 aliphatic heterocycles. The summed E-state index contributed by atoms with van der Waals surface area (Å²) in [4.78, 5) is 38.8. The van der Waals surface area contributed by atoms with Gasteiger partial charge in [-0.05, 0) is 35.7 Å². The third-order valence-corrected chi connectivity index (χ3v) is 5.59. The van der Waals surface area contributed by atoms with Gasteiger partial charge in [-0.2, -0.15) is 5.26 Å². The van der Waals surface area contributed by atoms with Gasteiger partial charge >= 0.3 is 5.97 Å². The molecular formula is C17H15N3O4S2. The number of nitrogens with one attached hydrogen (secondary N) is 1. The maximum atomic E-state index is 12.5. The van der Waals surface area contributed by atoms with Gasteiger partial charge in [0.15, 0.2) is 6.61 Å². The quantitative estimate of drug-likeness (QED) is 0.792. The number of nitrogens with zero attached hydrogens (tertiary/aromatic N) is 2. The second-order valence-corrected chi connectivity index (χ2v) is 7.43. The third-order valence-electron chi connectivity index (χ3n) is 3.90. The van der Waals surface area contributed by atoms with Gasteiger partial charge in [0.25, 0.3) is 11.8 Å². The largest absolute Gasteiger partial charge is 0.454 e.